The predicted molar refractivity (Wildman–Crippen MR) is 83.6 cm³/mol. The maximum Gasteiger partial charge on any atom is 0.223 e. The fourth-order valence-corrected chi connectivity index (χ4v) is 3.66. The Balaban J connectivity index is 2.07. The van der Waals surface area contributed by atoms with Crippen LogP contribution in [0.25, 0.3) is 0 Å². The fraction of sp³-hybridized carbons (Fsp3) is 0.200. The summed E-state index contributed by atoms with van der Waals surface area (Å²) in [7, 11) is 0. The maximum absolute atomic E-state index is 12.5. The topological polar surface area (TPSA) is 37.4 Å². The largest absolute Gasteiger partial charge is 0.312 e. The highest BCUT2D eigenvalue weighted by atomic mass is 79.9. The molecule has 2 heterocycles. The average molecular weight is 350 g/mol. The van der Waals surface area contributed by atoms with Crippen molar-refractivity contribution in [3.63, 3.8) is 0 Å². The van der Waals surface area contributed by atoms with E-state index in [1.54, 1.807) is 11.8 Å². The molecule has 5 heteroatoms. The van der Waals surface area contributed by atoms with E-state index in [0.717, 1.165) is 22.1 Å². The molecule has 1 aliphatic rings. The van der Waals surface area contributed by atoms with Gasteiger partial charge in [0.15, 0.2) is 5.78 Å². The maximum atomic E-state index is 12.5. The number of rotatable bonds is 2. The Morgan fingerprint density at radius 2 is 2.15 bits per heavy atom. The number of thiophene rings is 1. The lowest BCUT2D eigenvalue weighted by Crippen LogP contribution is -2.25. The summed E-state index contributed by atoms with van der Waals surface area (Å²) >= 11 is 4.97. The van der Waals surface area contributed by atoms with Crippen LogP contribution in [-0.4, -0.2) is 18.2 Å². The highest BCUT2D eigenvalue weighted by Crippen LogP contribution is 2.34. The summed E-state index contributed by atoms with van der Waals surface area (Å²) in [4.78, 5) is 25.8. The second-order valence-electron chi connectivity index (χ2n) is 4.72. The van der Waals surface area contributed by atoms with Gasteiger partial charge in [0.1, 0.15) is 0 Å². The van der Waals surface area contributed by atoms with Gasteiger partial charge in [-0.2, -0.15) is 11.3 Å². The first kappa shape index (κ1) is 13.5. The Morgan fingerprint density at radius 3 is 2.80 bits per heavy atom. The van der Waals surface area contributed by atoms with E-state index in [2.05, 4.69) is 15.9 Å². The molecule has 2 aromatic rings. The summed E-state index contributed by atoms with van der Waals surface area (Å²) in [5.41, 5.74) is 3.26. The summed E-state index contributed by atoms with van der Waals surface area (Å²) in [6.45, 7) is 2.24. The fourth-order valence-electron chi connectivity index (χ4n) is 2.46. The predicted octanol–water partition coefficient (Wildman–Crippen LogP) is 3.65. The molecule has 0 unspecified atom stereocenters. The molecule has 0 spiro atoms. The molecule has 0 radical (unpaired) electrons. The van der Waals surface area contributed by atoms with E-state index in [-0.39, 0.29) is 11.7 Å². The van der Waals surface area contributed by atoms with E-state index in [1.807, 2.05) is 29.0 Å². The number of carbonyl (C=O) groups excluding carboxylic acids is 2. The van der Waals surface area contributed by atoms with Crippen LogP contribution >= 0.6 is 27.3 Å². The molecule has 3 nitrogen and oxygen atoms in total. The summed E-state index contributed by atoms with van der Waals surface area (Å²) in [5.74, 6) is -0.00340. The van der Waals surface area contributed by atoms with E-state index in [4.69, 9.17) is 0 Å². The minimum absolute atomic E-state index is 0.0139. The van der Waals surface area contributed by atoms with Gasteiger partial charge < -0.3 is 4.90 Å². The van der Waals surface area contributed by atoms with Crippen molar-refractivity contribution in [2.24, 2.45) is 0 Å². The van der Waals surface area contributed by atoms with Gasteiger partial charge in [-0.1, -0.05) is 15.9 Å². The number of benzene rings is 1. The summed E-state index contributed by atoms with van der Waals surface area (Å²) in [6, 6.07) is 5.60. The number of carbonyl (C=O) groups is 2. The standard InChI is InChI=1S/C15H12BrNO2S/c1-9(18)17-4-2-10-6-13(16)12(7-14(10)17)15(19)11-3-5-20-8-11/h3,5-8H,2,4H2,1H3. The van der Waals surface area contributed by atoms with Crippen molar-refractivity contribution in [1.29, 1.82) is 0 Å². The van der Waals surface area contributed by atoms with Crippen molar-refractivity contribution < 1.29 is 9.59 Å². The molecule has 3 rings (SSSR count). The van der Waals surface area contributed by atoms with Crippen molar-refractivity contribution >= 4 is 44.6 Å². The third-order valence-corrected chi connectivity index (χ3v) is 4.81. The monoisotopic (exact) mass is 349 g/mol. The lowest BCUT2D eigenvalue weighted by atomic mass is 10.0. The third kappa shape index (κ3) is 2.21. The number of halogens is 1. The number of amides is 1. The molecule has 0 atom stereocenters. The highest BCUT2D eigenvalue weighted by molar-refractivity contribution is 9.10. The number of ketones is 1. The molecule has 1 aromatic carbocycles. The summed E-state index contributed by atoms with van der Waals surface area (Å²) < 4.78 is 0.790. The molecule has 0 fully saturated rings. The van der Waals surface area contributed by atoms with Crippen molar-refractivity contribution in [3.8, 4) is 0 Å². The molecule has 0 N–H and O–H groups in total. The average Bonchev–Trinajstić information content (AvgIpc) is 3.05. The van der Waals surface area contributed by atoms with E-state index in [1.165, 1.54) is 11.3 Å². The Bertz CT molecular complexity index is 694. The molecular weight excluding hydrogens is 338 g/mol. The van der Waals surface area contributed by atoms with Crippen LogP contribution in [0.4, 0.5) is 5.69 Å². The molecule has 0 bridgehead atoms. The van der Waals surface area contributed by atoms with Crippen LogP contribution in [0.2, 0.25) is 0 Å². The minimum Gasteiger partial charge on any atom is -0.312 e. The Labute approximate surface area is 129 Å². The molecule has 1 aromatic heterocycles. The zero-order valence-electron chi connectivity index (χ0n) is 10.9. The molecule has 1 aliphatic heterocycles. The first-order valence-corrected chi connectivity index (χ1v) is 7.99. The van der Waals surface area contributed by atoms with E-state index in [9.17, 15) is 9.59 Å². The van der Waals surface area contributed by atoms with Gasteiger partial charge >= 0.3 is 0 Å². The number of fused-ring (bicyclic) bond motifs is 1. The van der Waals surface area contributed by atoms with Gasteiger partial charge in [-0.25, -0.2) is 0 Å². The second-order valence-corrected chi connectivity index (χ2v) is 6.36. The number of nitrogens with zero attached hydrogens (tertiary/aromatic N) is 1. The van der Waals surface area contributed by atoms with E-state index >= 15 is 0 Å². The van der Waals surface area contributed by atoms with Crippen LogP contribution in [0.15, 0.2) is 33.4 Å². The quantitative estimate of drug-likeness (QED) is 0.776. The third-order valence-electron chi connectivity index (χ3n) is 3.47. The molecule has 0 aliphatic carbocycles. The number of hydrogen-bond donors (Lipinski definition) is 0. The molecule has 102 valence electrons. The normalized spacial score (nSPS) is 13.4. The Morgan fingerprint density at radius 1 is 1.35 bits per heavy atom. The van der Waals surface area contributed by atoms with E-state index < -0.39 is 0 Å². The van der Waals surface area contributed by atoms with Gasteiger partial charge in [-0.3, -0.25) is 9.59 Å². The summed E-state index contributed by atoms with van der Waals surface area (Å²) in [5, 5.41) is 3.72. The zero-order valence-corrected chi connectivity index (χ0v) is 13.3. The molecule has 0 saturated carbocycles. The molecule has 20 heavy (non-hydrogen) atoms. The highest BCUT2D eigenvalue weighted by Gasteiger charge is 2.25. The van der Waals surface area contributed by atoms with Gasteiger partial charge in [0.2, 0.25) is 5.91 Å². The van der Waals surface area contributed by atoms with Crippen molar-refractivity contribution in [1.82, 2.24) is 0 Å². The second kappa shape index (κ2) is 5.14. The van der Waals surface area contributed by atoms with Crippen LogP contribution in [0.1, 0.15) is 28.4 Å². The van der Waals surface area contributed by atoms with Gasteiger partial charge in [-0.05, 0) is 35.6 Å². The van der Waals surface area contributed by atoms with Gasteiger partial charge in [-0.15, -0.1) is 0 Å². The van der Waals surface area contributed by atoms with Crippen molar-refractivity contribution in [2.75, 3.05) is 11.4 Å². The van der Waals surface area contributed by atoms with Crippen molar-refractivity contribution in [3.05, 3.63) is 50.1 Å². The van der Waals surface area contributed by atoms with Gasteiger partial charge in [0.25, 0.3) is 0 Å². The first-order valence-electron chi connectivity index (χ1n) is 6.25. The zero-order chi connectivity index (χ0) is 14.3. The van der Waals surface area contributed by atoms with Crippen LogP contribution in [-0.2, 0) is 11.2 Å². The SMILES string of the molecule is CC(=O)N1CCc2cc(Br)c(C(=O)c3ccsc3)cc21. The Hall–Kier alpha value is -1.46. The van der Waals surface area contributed by atoms with Gasteiger partial charge in [0.05, 0.1) is 0 Å². The van der Waals surface area contributed by atoms with Crippen molar-refractivity contribution in [2.45, 2.75) is 13.3 Å². The summed E-state index contributed by atoms with van der Waals surface area (Å²) in [6.07, 6.45) is 0.834. The van der Waals surface area contributed by atoms with Gasteiger partial charge in [0, 0.05) is 40.1 Å². The number of anilines is 1. The minimum atomic E-state index is -0.0173. The lowest BCUT2D eigenvalue weighted by molar-refractivity contribution is -0.116. The van der Waals surface area contributed by atoms with Crippen LogP contribution in [0.5, 0.6) is 0 Å². The van der Waals surface area contributed by atoms with Crippen LogP contribution in [0.3, 0.4) is 0 Å². The van der Waals surface area contributed by atoms with E-state index in [0.29, 0.717) is 17.7 Å². The molecule has 0 saturated heterocycles. The smallest absolute Gasteiger partial charge is 0.223 e. The van der Waals surface area contributed by atoms with Crippen LogP contribution in [0, 0.1) is 0 Å². The van der Waals surface area contributed by atoms with Crippen LogP contribution < -0.4 is 4.90 Å². The molecule has 1 amide bonds. The lowest BCUT2D eigenvalue weighted by Gasteiger charge is -2.16. The first-order chi connectivity index (χ1) is 9.58. The molecular formula is C15H12BrNO2S. The Kier molecular flexibility index (Phi) is 3.48. The number of hydrogen-bond acceptors (Lipinski definition) is 3.